The van der Waals surface area contributed by atoms with Crippen LogP contribution in [0.4, 0.5) is 0 Å². The second-order valence-electron chi connectivity index (χ2n) is 4.45. The Labute approximate surface area is 118 Å². The van der Waals surface area contributed by atoms with Crippen LogP contribution in [0.2, 0.25) is 0 Å². The van der Waals surface area contributed by atoms with E-state index in [0.717, 1.165) is 11.1 Å². The molecule has 0 spiro atoms. The number of carbonyl (C=O) groups excluding carboxylic acids is 2. The molecule has 1 aromatic rings. The lowest BCUT2D eigenvalue weighted by atomic mass is 9.93. The molecule has 0 fully saturated rings. The van der Waals surface area contributed by atoms with Crippen molar-refractivity contribution in [1.29, 1.82) is 0 Å². The summed E-state index contributed by atoms with van der Waals surface area (Å²) < 4.78 is 0. The van der Waals surface area contributed by atoms with Gasteiger partial charge in [0.25, 0.3) is 0 Å². The van der Waals surface area contributed by atoms with Gasteiger partial charge in [-0.25, -0.2) is 0 Å². The molecule has 0 aliphatic carbocycles. The van der Waals surface area contributed by atoms with E-state index in [-0.39, 0.29) is 31.3 Å². The van der Waals surface area contributed by atoms with E-state index in [1.54, 1.807) is 0 Å². The topological polar surface area (TPSA) is 89.4 Å². The molecule has 1 aliphatic heterocycles. The van der Waals surface area contributed by atoms with E-state index in [0.29, 0.717) is 13.0 Å². The Hall–Kier alpha value is -1.59. The van der Waals surface area contributed by atoms with Crippen LogP contribution in [0, 0.1) is 0 Å². The Bertz CT molecular complexity index is 479. The van der Waals surface area contributed by atoms with E-state index >= 15 is 0 Å². The minimum absolute atomic E-state index is 0. The number of hydrogen-bond acceptors (Lipinski definition) is 3. The van der Waals surface area contributed by atoms with E-state index in [4.69, 9.17) is 11.5 Å². The molecule has 2 amide bonds. The lowest BCUT2D eigenvalue weighted by Crippen LogP contribution is -2.51. The maximum absolute atomic E-state index is 12.0. The SMILES string of the molecule is Cl.NCCC(=O)N1Cc2ccccc2CC1C(N)=O. The van der Waals surface area contributed by atoms with Gasteiger partial charge in [0.15, 0.2) is 0 Å². The minimum Gasteiger partial charge on any atom is -0.368 e. The first-order valence-electron chi connectivity index (χ1n) is 5.99. The highest BCUT2D eigenvalue weighted by molar-refractivity contribution is 5.87. The average Bonchev–Trinajstić information content (AvgIpc) is 2.37. The van der Waals surface area contributed by atoms with Gasteiger partial charge >= 0.3 is 0 Å². The van der Waals surface area contributed by atoms with E-state index in [9.17, 15) is 9.59 Å². The van der Waals surface area contributed by atoms with Crippen LogP contribution in [0.25, 0.3) is 0 Å². The number of primary amides is 1. The van der Waals surface area contributed by atoms with Crippen LogP contribution < -0.4 is 11.5 Å². The molecule has 104 valence electrons. The van der Waals surface area contributed by atoms with Gasteiger partial charge in [-0.1, -0.05) is 24.3 Å². The zero-order valence-corrected chi connectivity index (χ0v) is 11.4. The molecule has 5 nitrogen and oxygen atoms in total. The largest absolute Gasteiger partial charge is 0.368 e. The molecule has 0 bridgehead atoms. The maximum atomic E-state index is 12.0. The quantitative estimate of drug-likeness (QED) is 0.830. The molecule has 1 heterocycles. The zero-order chi connectivity index (χ0) is 13.1. The number of fused-ring (bicyclic) bond motifs is 1. The number of carbonyl (C=O) groups is 2. The molecule has 0 saturated carbocycles. The number of halogens is 1. The van der Waals surface area contributed by atoms with Crippen LogP contribution in [-0.2, 0) is 22.6 Å². The van der Waals surface area contributed by atoms with Gasteiger partial charge in [-0.3, -0.25) is 9.59 Å². The highest BCUT2D eigenvalue weighted by Crippen LogP contribution is 2.23. The van der Waals surface area contributed by atoms with Crippen molar-refractivity contribution < 1.29 is 9.59 Å². The average molecular weight is 284 g/mol. The molecular weight excluding hydrogens is 266 g/mol. The molecule has 1 aliphatic rings. The minimum atomic E-state index is -0.557. The van der Waals surface area contributed by atoms with Crippen LogP contribution in [0.15, 0.2) is 24.3 Å². The molecule has 2 rings (SSSR count). The Balaban J connectivity index is 0.00000180. The standard InChI is InChI=1S/C13H17N3O2.ClH/c14-6-5-12(17)16-8-10-4-2-1-3-9(10)7-11(16)13(15)18;/h1-4,11H,5-8,14H2,(H2,15,18);1H. The summed E-state index contributed by atoms with van der Waals surface area (Å²) in [6.45, 7) is 0.713. The Morgan fingerprint density at radius 1 is 1.26 bits per heavy atom. The second kappa shape index (κ2) is 6.54. The molecular formula is C13H18ClN3O2. The van der Waals surface area contributed by atoms with Gasteiger partial charge in [0.1, 0.15) is 6.04 Å². The molecule has 0 radical (unpaired) electrons. The van der Waals surface area contributed by atoms with E-state index in [2.05, 4.69) is 0 Å². The van der Waals surface area contributed by atoms with Crippen LogP contribution in [0.5, 0.6) is 0 Å². The molecule has 4 N–H and O–H groups in total. The Morgan fingerprint density at radius 2 is 1.89 bits per heavy atom. The number of amides is 2. The lowest BCUT2D eigenvalue weighted by molar-refractivity contribution is -0.140. The van der Waals surface area contributed by atoms with Crippen molar-refractivity contribution in [3.05, 3.63) is 35.4 Å². The summed E-state index contributed by atoms with van der Waals surface area (Å²) in [7, 11) is 0. The molecule has 0 saturated heterocycles. The van der Waals surface area contributed by atoms with Crippen molar-refractivity contribution in [2.24, 2.45) is 11.5 Å². The van der Waals surface area contributed by atoms with Crippen molar-refractivity contribution in [2.75, 3.05) is 6.54 Å². The van der Waals surface area contributed by atoms with Crippen LogP contribution in [-0.4, -0.2) is 29.3 Å². The highest BCUT2D eigenvalue weighted by atomic mass is 35.5. The number of nitrogens with zero attached hydrogens (tertiary/aromatic N) is 1. The molecule has 19 heavy (non-hydrogen) atoms. The first-order chi connectivity index (χ1) is 8.63. The summed E-state index contributed by atoms with van der Waals surface area (Å²) in [4.78, 5) is 25.0. The van der Waals surface area contributed by atoms with Crippen LogP contribution in [0.3, 0.4) is 0 Å². The van der Waals surface area contributed by atoms with Gasteiger partial charge in [-0.05, 0) is 11.1 Å². The maximum Gasteiger partial charge on any atom is 0.240 e. The van der Waals surface area contributed by atoms with Crippen molar-refractivity contribution in [3.63, 3.8) is 0 Å². The molecule has 0 aromatic heterocycles. The van der Waals surface area contributed by atoms with Crippen LogP contribution in [0.1, 0.15) is 17.5 Å². The predicted molar refractivity (Wildman–Crippen MR) is 74.6 cm³/mol. The van der Waals surface area contributed by atoms with Gasteiger partial charge in [0.2, 0.25) is 11.8 Å². The number of hydrogen-bond donors (Lipinski definition) is 2. The summed E-state index contributed by atoms with van der Waals surface area (Å²) in [6, 6.07) is 7.23. The normalized spacial score (nSPS) is 17.3. The number of nitrogens with two attached hydrogens (primary N) is 2. The van der Waals surface area contributed by atoms with Crippen molar-refractivity contribution in [2.45, 2.75) is 25.4 Å². The van der Waals surface area contributed by atoms with Gasteiger partial charge in [-0.2, -0.15) is 0 Å². The van der Waals surface area contributed by atoms with E-state index < -0.39 is 11.9 Å². The summed E-state index contributed by atoms with van der Waals surface area (Å²) >= 11 is 0. The van der Waals surface area contributed by atoms with Crippen molar-refractivity contribution >= 4 is 24.2 Å². The first kappa shape index (κ1) is 15.5. The summed E-state index contributed by atoms with van der Waals surface area (Å²) in [5, 5.41) is 0. The predicted octanol–water partition coefficient (Wildman–Crippen LogP) is 0.196. The molecule has 1 atom stereocenters. The van der Waals surface area contributed by atoms with Crippen LogP contribution >= 0.6 is 12.4 Å². The first-order valence-corrected chi connectivity index (χ1v) is 5.99. The lowest BCUT2D eigenvalue weighted by Gasteiger charge is -2.35. The summed E-state index contributed by atoms with van der Waals surface area (Å²) in [5.41, 5.74) is 12.9. The third kappa shape index (κ3) is 3.24. The molecule has 1 aromatic carbocycles. The molecule has 6 heteroatoms. The number of benzene rings is 1. The van der Waals surface area contributed by atoms with Gasteiger partial charge in [-0.15, -0.1) is 12.4 Å². The molecule has 1 unspecified atom stereocenters. The third-order valence-electron chi connectivity index (χ3n) is 3.26. The number of rotatable bonds is 3. The fourth-order valence-corrected chi connectivity index (χ4v) is 2.31. The smallest absolute Gasteiger partial charge is 0.240 e. The zero-order valence-electron chi connectivity index (χ0n) is 10.5. The van der Waals surface area contributed by atoms with Gasteiger partial charge in [0.05, 0.1) is 0 Å². The van der Waals surface area contributed by atoms with Gasteiger partial charge in [0, 0.05) is 25.9 Å². The highest BCUT2D eigenvalue weighted by Gasteiger charge is 2.32. The summed E-state index contributed by atoms with van der Waals surface area (Å²) in [6.07, 6.45) is 0.730. The van der Waals surface area contributed by atoms with E-state index in [1.807, 2.05) is 24.3 Å². The van der Waals surface area contributed by atoms with Crippen molar-refractivity contribution in [3.8, 4) is 0 Å². The second-order valence-corrected chi connectivity index (χ2v) is 4.45. The Kier molecular flexibility index (Phi) is 5.32. The fourth-order valence-electron chi connectivity index (χ4n) is 2.31. The fraction of sp³-hybridized carbons (Fsp3) is 0.385. The monoisotopic (exact) mass is 283 g/mol. The third-order valence-corrected chi connectivity index (χ3v) is 3.26. The Morgan fingerprint density at radius 3 is 2.47 bits per heavy atom. The van der Waals surface area contributed by atoms with E-state index in [1.165, 1.54) is 4.90 Å². The van der Waals surface area contributed by atoms with Gasteiger partial charge < -0.3 is 16.4 Å². The van der Waals surface area contributed by atoms with Crippen molar-refractivity contribution in [1.82, 2.24) is 4.90 Å². The summed E-state index contributed by atoms with van der Waals surface area (Å²) in [5.74, 6) is -0.578.